The van der Waals surface area contributed by atoms with E-state index in [0.717, 1.165) is 44.5 Å². The Hall–Kier alpha value is -3.01. The highest BCUT2D eigenvalue weighted by Gasteiger charge is 2.30. The van der Waals surface area contributed by atoms with E-state index in [1.165, 1.54) is 25.7 Å². The Morgan fingerprint density at radius 3 is 2.67 bits per heavy atom. The molecule has 7 heteroatoms. The maximum Gasteiger partial charge on any atom is 0.351 e. The first-order valence-corrected chi connectivity index (χ1v) is 11.0. The molecule has 1 saturated heterocycles. The summed E-state index contributed by atoms with van der Waals surface area (Å²) in [4.78, 5) is 19.8. The molecule has 0 unspecified atom stereocenters. The van der Waals surface area contributed by atoms with Gasteiger partial charge in [-0.1, -0.05) is 19.3 Å². The third kappa shape index (κ3) is 4.43. The molecule has 158 valence electrons. The van der Waals surface area contributed by atoms with Crippen LogP contribution >= 0.6 is 0 Å². The van der Waals surface area contributed by atoms with Crippen LogP contribution in [0.15, 0.2) is 34.5 Å². The van der Waals surface area contributed by atoms with Crippen LogP contribution in [-0.2, 0) is 9.53 Å². The molecule has 1 aliphatic carbocycles. The van der Waals surface area contributed by atoms with Crippen LogP contribution in [0.25, 0.3) is 0 Å². The number of amidine groups is 1. The van der Waals surface area contributed by atoms with Gasteiger partial charge in [0.1, 0.15) is 11.8 Å². The van der Waals surface area contributed by atoms with Crippen molar-refractivity contribution in [1.29, 1.82) is 5.26 Å². The van der Waals surface area contributed by atoms with Gasteiger partial charge in [0.15, 0.2) is 11.4 Å². The van der Waals surface area contributed by atoms with Crippen molar-refractivity contribution in [2.45, 2.75) is 51.4 Å². The van der Waals surface area contributed by atoms with E-state index in [2.05, 4.69) is 16.3 Å². The number of likely N-dealkylation sites (tertiary alicyclic amines) is 1. The fourth-order valence-corrected chi connectivity index (χ4v) is 4.44. The van der Waals surface area contributed by atoms with E-state index in [0.29, 0.717) is 35.4 Å². The minimum absolute atomic E-state index is 0.0248. The number of piperidine rings is 1. The average molecular weight is 408 g/mol. The smallest absolute Gasteiger partial charge is 0.351 e. The van der Waals surface area contributed by atoms with Gasteiger partial charge in [-0.15, -0.1) is 0 Å². The molecule has 0 atom stereocenters. The SMILES string of the molecule is N#C/C(C(=O)OCC1CCCCC1)=C1/Nc2cc(N)ccc2N=C1N1CCCCC1. The molecule has 3 N–H and O–H groups in total. The molecule has 7 nitrogen and oxygen atoms in total. The highest BCUT2D eigenvalue weighted by atomic mass is 16.5. The first-order chi connectivity index (χ1) is 14.7. The van der Waals surface area contributed by atoms with Gasteiger partial charge in [-0.05, 0) is 56.2 Å². The maximum absolute atomic E-state index is 12.9. The number of carbonyl (C=O) groups excluding carboxylic acids is 1. The van der Waals surface area contributed by atoms with Gasteiger partial charge in [0, 0.05) is 18.8 Å². The second-order valence-electron chi connectivity index (χ2n) is 8.35. The molecule has 2 aliphatic heterocycles. The number of hydrogen-bond donors (Lipinski definition) is 2. The lowest BCUT2D eigenvalue weighted by molar-refractivity contribution is -0.140. The summed E-state index contributed by atoms with van der Waals surface area (Å²) in [5.41, 5.74) is 8.37. The first-order valence-electron chi connectivity index (χ1n) is 11.0. The lowest BCUT2D eigenvalue weighted by Crippen LogP contribution is -2.40. The Morgan fingerprint density at radius 1 is 1.20 bits per heavy atom. The van der Waals surface area contributed by atoms with Gasteiger partial charge in [0.25, 0.3) is 0 Å². The van der Waals surface area contributed by atoms with Crippen LogP contribution in [-0.4, -0.2) is 36.4 Å². The standard InChI is InChI=1S/C23H29N5O2/c24-14-18(23(29)30-15-16-7-3-1-4-8-16)21-22(28-11-5-2-6-12-28)27-19-10-9-17(25)13-20(19)26-21/h9-10,13,16,26H,1-8,11-12,15,25H2/b21-18-. The minimum atomic E-state index is -0.581. The predicted molar refractivity (Wildman–Crippen MR) is 117 cm³/mol. The summed E-state index contributed by atoms with van der Waals surface area (Å²) in [7, 11) is 0. The Kier molecular flexibility index (Phi) is 6.22. The number of nitriles is 1. The number of nitrogens with one attached hydrogen (secondary N) is 1. The molecule has 4 rings (SSSR count). The number of anilines is 2. The fourth-order valence-electron chi connectivity index (χ4n) is 4.44. The maximum atomic E-state index is 12.9. The van der Waals surface area contributed by atoms with E-state index in [4.69, 9.17) is 15.5 Å². The predicted octanol–water partition coefficient (Wildman–Crippen LogP) is 4.11. The Morgan fingerprint density at radius 2 is 1.93 bits per heavy atom. The number of nitrogens with two attached hydrogens (primary N) is 1. The molecule has 0 spiro atoms. The van der Waals surface area contributed by atoms with Gasteiger partial charge in [0.2, 0.25) is 0 Å². The molecule has 3 aliphatic rings. The number of ether oxygens (including phenoxy) is 1. The zero-order valence-corrected chi connectivity index (χ0v) is 17.3. The van der Waals surface area contributed by atoms with Crippen LogP contribution in [0.2, 0.25) is 0 Å². The van der Waals surface area contributed by atoms with Crippen LogP contribution in [0.3, 0.4) is 0 Å². The van der Waals surface area contributed by atoms with Crippen molar-refractivity contribution in [3.63, 3.8) is 0 Å². The van der Waals surface area contributed by atoms with Gasteiger partial charge < -0.3 is 20.7 Å². The van der Waals surface area contributed by atoms with E-state index in [9.17, 15) is 10.1 Å². The van der Waals surface area contributed by atoms with E-state index < -0.39 is 5.97 Å². The Bertz CT molecular complexity index is 903. The zero-order chi connectivity index (χ0) is 20.9. The fraction of sp³-hybridized carbons (Fsp3) is 0.522. The summed E-state index contributed by atoms with van der Waals surface area (Å²) in [5, 5.41) is 13.1. The zero-order valence-electron chi connectivity index (χ0n) is 17.3. The second kappa shape index (κ2) is 9.21. The molecule has 0 bridgehead atoms. The van der Waals surface area contributed by atoms with Crippen molar-refractivity contribution < 1.29 is 9.53 Å². The van der Waals surface area contributed by atoms with Crippen molar-refractivity contribution in [3.05, 3.63) is 29.5 Å². The highest BCUT2D eigenvalue weighted by Crippen LogP contribution is 2.35. The van der Waals surface area contributed by atoms with Crippen LogP contribution < -0.4 is 11.1 Å². The van der Waals surface area contributed by atoms with Crippen molar-refractivity contribution in [2.24, 2.45) is 10.9 Å². The molecule has 0 radical (unpaired) electrons. The normalized spacial score (nSPS) is 21.0. The number of nitrogen functional groups attached to an aromatic ring is 1. The lowest BCUT2D eigenvalue weighted by atomic mass is 9.90. The van der Waals surface area contributed by atoms with E-state index in [1.54, 1.807) is 12.1 Å². The molecule has 1 aromatic rings. The van der Waals surface area contributed by atoms with E-state index >= 15 is 0 Å². The second-order valence-corrected chi connectivity index (χ2v) is 8.35. The third-order valence-corrected chi connectivity index (χ3v) is 6.13. The van der Waals surface area contributed by atoms with Crippen molar-refractivity contribution in [2.75, 3.05) is 30.7 Å². The van der Waals surface area contributed by atoms with Crippen molar-refractivity contribution in [3.8, 4) is 6.07 Å². The number of esters is 1. The van der Waals surface area contributed by atoms with Gasteiger partial charge in [-0.2, -0.15) is 5.26 Å². The van der Waals surface area contributed by atoms with Crippen molar-refractivity contribution in [1.82, 2.24) is 4.90 Å². The first kappa shape index (κ1) is 20.3. The molecule has 1 aromatic carbocycles. The van der Waals surface area contributed by atoms with Crippen molar-refractivity contribution >= 4 is 28.9 Å². The monoisotopic (exact) mass is 407 g/mol. The van der Waals surface area contributed by atoms with Crippen LogP contribution in [0.4, 0.5) is 17.1 Å². The number of nitrogens with zero attached hydrogens (tertiary/aromatic N) is 3. The topological polar surface area (TPSA) is 104 Å². The summed E-state index contributed by atoms with van der Waals surface area (Å²) in [6.07, 6.45) is 9.08. The number of fused-ring (bicyclic) bond motifs is 1. The van der Waals surface area contributed by atoms with E-state index in [1.807, 2.05) is 6.07 Å². The molecular weight excluding hydrogens is 378 g/mol. The summed E-state index contributed by atoms with van der Waals surface area (Å²) in [6, 6.07) is 7.50. The van der Waals surface area contributed by atoms with Crippen LogP contribution in [0, 0.1) is 17.2 Å². The van der Waals surface area contributed by atoms with Gasteiger partial charge in [-0.3, -0.25) is 0 Å². The molecule has 2 heterocycles. The number of aliphatic imine (C=N–C) groups is 1. The molecule has 2 fully saturated rings. The van der Waals surface area contributed by atoms with Gasteiger partial charge in [-0.25, -0.2) is 9.79 Å². The number of rotatable bonds is 3. The molecule has 30 heavy (non-hydrogen) atoms. The number of hydrogen-bond acceptors (Lipinski definition) is 7. The highest BCUT2D eigenvalue weighted by molar-refractivity contribution is 6.12. The molecular formula is C23H29N5O2. The van der Waals surface area contributed by atoms with Gasteiger partial charge in [0.05, 0.1) is 18.0 Å². The Balaban J connectivity index is 1.63. The number of benzene rings is 1. The lowest BCUT2D eigenvalue weighted by Gasteiger charge is -2.33. The summed E-state index contributed by atoms with van der Waals surface area (Å²) in [6.45, 7) is 2.07. The Labute approximate surface area is 177 Å². The minimum Gasteiger partial charge on any atom is -0.461 e. The summed E-state index contributed by atoms with van der Waals surface area (Å²) < 4.78 is 5.58. The summed E-state index contributed by atoms with van der Waals surface area (Å²) >= 11 is 0. The molecule has 0 aromatic heterocycles. The largest absolute Gasteiger partial charge is 0.461 e. The average Bonchev–Trinajstić information content (AvgIpc) is 2.79. The van der Waals surface area contributed by atoms with Crippen LogP contribution in [0.1, 0.15) is 51.4 Å². The van der Waals surface area contributed by atoms with Gasteiger partial charge >= 0.3 is 5.97 Å². The summed E-state index contributed by atoms with van der Waals surface area (Å²) in [5.74, 6) is 0.448. The molecule has 0 amide bonds. The van der Waals surface area contributed by atoms with E-state index in [-0.39, 0.29) is 5.57 Å². The quantitative estimate of drug-likeness (QED) is 0.338. The molecule has 1 saturated carbocycles. The number of carbonyl (C=O) groups is 1. The third-order valence-electron chi connectivity index (χ3n) is 6.13. The van der Waals surface area contributed by atoms with Crippen LogP contribution in [0.5, 0.6) is 0 Å².